The smallest absolute Gasteiger partial charge is 0.206 e. The number of sulfone groups is 2. The Balaban J connectivity index is 1.16. The van der Waals surface area contributed by atoms with E-state index in [0.717, 1.165) is 6.42 Å². The van der Waals surface area contributed by atoms with Crippen molar-refractivity contribution in [3.05, 3.63) is 122 Å². The predicted molar refractivity (Wildman–Crippen MR) is 169 cm³/mol. The third-order valence-corrected chi connectivity index (χ3v) is 9.92. The molecule has 0 saturated carbocycles. The van der Waals surface area contributed by atoms with Crippen molar-refractivity contribution in [3.63, 3.8) is 0 Å². The lowest BCUT2D eigenvalue weighted by Crippen LogP contribution is -2.12. The highest BCUT2D eigenvalue weighted by Gasteiger charge is 2.18. The van der Waals surface area contributed by atoms with Crippen LogP contribution in [-0.4, -0.2) is 48.4 Å². The van der Waals surface area contributed by atoms with E-state index in [-0.39, 0.29) is 51.8 Å². The van der Waals surface area contributed by atoms with E-state index >= 15 is 0 Å². The fourth-order valence-electron chi connectivity index (χ4n) is 3.96. The van der Waals surface area contributed by atoms with Gasteiger partial charge in [0.2, 0.25) is 19.7 Å². The summed E-state index contributed by atoms with van der Waals surface area (Å²) < 4.78 is 73.7. The number of hydrogen-bond donors (Lipinski definition) is 1. The maximum atomic E-state index is 13.0. The van der Waals surface area contributed by atoms with Crippen molar-refractivity contribution in [2.24, 2.45) is 0 Å². The van der Waals surface area contributed by atoms with Gasteiger partial charge in [-0.3, -0.25) is 0 Å². The molecule has 236 valence electrons. The molecule has 0 aromatic heterocycles. The van der Waals surface area contributed by atoms with E-state index in [1.54, 1.807) is 42.7 Å². The summed E-state index contributed by atoms with van der Waals surface area (Å²) in [6.07, 6.45) is 8.12. The Hall–Kier alpha value is -4.58. The lowest BCUT2D eigenvalue weighted by atomic mass is 10.3. The topological polar surface area (TPSA) is 125 Å². The molecule has 0 amide bonds. The van der Waals surface area contributed by atoms with Gasteiger partial charge in [-0.25, -0.2) is 16.8 Å². The lowest BCUT2D eigenvalue weighted by molar-refractivity contribution is 0.0764. The molecule has 0 fully saturated rings. The molecule has 0 aliphatic heterocycles. The molecule has 0 spiro atoms. The summed E-state index contributed by atoms with van der Waals surface area (Å²) in [5, 5.41) is 9.38. The minimum atomic E-state index is -3.70. The third kappa shape index (κ3) is 9.45. The van der Waals surface area contributed by atoms with Crippen LogP contribution in [0.2, 0.25) is 0 Å². The SMILES string of the molecule is CC=CCC=COc1ccc(S(=O)(=O)c2ccc(OCCOCCOc3ccc(S(=O)(=O)c4ccc(O)cc4)cc3)cc2)cc1. The van der Waals surface area contributed by atoms with Gasteiger partial charge in [0, 0.05) is 0 Å². The van der Waals surface area contributed by atoms with E-state index in [1.165, 1.54) is 60.7 Å². The average Bonchev–Trinajstić information content (AvgIpc) is 3.05. The molecule has 4 aromatic rings. The van der Waals surface area contributed by atoms with Gasteiger partial charge in [0.15, 0.2) is 0 Å². The zero-order valence-corrected chi connectivity index (χ0v) is 26.2. The first-order valence-electron chi connectivity index (χ1n) is 14.1. The number of phenols is 1. The van der Waals surface area contributed by atoms with Gasteiger partial charge in [-0.1, -0.05) is 12.2 Å². The van der Waals surface area contributed by atoms with Gasteiger partial charge < -0.3 is 24.1 Å². The minimum absolute atomic E-state index is 0.0110. The molecule has 9 nitrogen and oxygen atoms in total. The van der Waals surface area contributed by atoms with Crippen molar-refractivity contribution in [1.82, 2.24) is 0 Å². The molecule has 0 unspecified atom stereocenters. The maximum absolute atomic E-state index is 13.0. The van der Waals surface area contributed by atoms with Gasteiger partial charge in [-0.2, -0.15) is 0 Å². The molecule has 0 saturated heterocycles. The Morgan fingerprint density at radius 3 is 1.38 bits per heavy atom. The first kappa shape index (κ1) is 33.3. The molecule has 0 atom stereocenters. The van der Waals surface area contributed by atoms with Crippen molar-refractivity contribution in [1.29, 1.82) is 0 Å². The fourth-order valence-corrected chi connectivity index (χ4v) is 6.48. The quantitative estimate of drug-likeness (QED) is 0.0834. The van der Waals surface area contributed by atoms with Crippen LogP contribution in [0.5, 0.6) is 23.0 Å². The largest absolute Gasteiger partial charge is 0.508 e. The Morgan fingerprint density at radius 2 is 0.956 bits per heavy atom. The Bertz CT molecular complexity index is 1780. The first-order valence-corrected chi connectivity index (χ1v) is 17.0. The maximum Gasteiger partial charge on any atom is 0.206 e. The molecular weight excluding hydrogens is 616 g/mol. The molecule has 11 heteroatoms. The third-order valence-electron chi connectivity index (χ3n) is 6.35. The van der Waals surface area contributed by atoms with E-state index in [2.05, 4.69) is 0 Å². The van der Waals surface area contributed by atoms with Gasteiger partial charge in [0.1, 0.15) is 36.2 Å². The molecule has 0 bridgehead atoms. The molecule has 0 heterocycles. The average molecular weight is 651 g/mol. The number of rotatable bonds is 16. The first-order chi connectivity index (χ1) is 21.7. The zero-order valence-electron chi connectivity index (χ0n) is 24.6. The van der Waals surface area contributed by atoms with Gasteiger partial charge in [0.05, 0.1) is 39.1 Å². The highest BCUT2D eigenvalue weighted by molar-refractivity contribution is 7.91. The molecule has 45 heavy (non-hydrogen) atoms. The summed E-state index contributed by atoms with van der Waals surface area (Å²) in [6.45, 7) is 3.00. The van der Waals surface area contributed by atoms with Crippen molar-refractivity contribution in [3.8, 4) is 23.0 Å². The van der Waals surface area contributed by atoms with Crippen LogP contribution in [-0.2, 0) is 24.4 Å². The fraction of sp³-hybridized carbons (Fsp3) is 0.176. The second-order valence-electron chi connectivity index (χ2n) is 9.52. The Kier molecular flexibility index (Phi) is 11.8. The number of allylic oxidation sites excluding steroid dienone is 3. The van der Waals surface area contributed by atoms with E-state index in [4.69, 9.17) is 18.9 Å². The summed E-state index contributed by atoms with van der Waals surface area (Å²) in [5.41, 5.74) is 0. The van der Waals surface area contributed by atoms with Crippen LogP contribution in [0.4, 0.5) is 0 Å². The molecule has 1 N–H and O–H groups in total. The van der Waals surface area contributed by atoms with Crippen LogP contribution in [0.3, 0.4) is 0 Å². The monoisotopic (exact) mass is 650 g/mol. The van der Waals surface area contributed by atoms with Crippen LogP contribution in [0.15, 0.2) is 141 Å². The van der Waals surface area contributed by atoms with E-state index in [1.807, 2.05) is 25.2 Å². The van der Waals surface area contributed by atoms with Gasteiger partial charge in [0.25, 0.3) is 0 Å². The summed E-state index contributed by atoms with van der Waals surface area (Å²) in [7, 11) is -7.40. The Morgan fingerprint density at radius 1 is 0.556 bits per heavy atom. The number of ether oxygens (including phenoxy) is 4. The minimum Gasteiger partial charge on any atom is -0.508 e. The molecule has 0 aliphatic rings. The van der Waals surface area contributed by atoms with E-state index in [0.29, 0.717) is 17.2 Å². The normalized spacial score (nSPS) is 12.0. The van der Waals surface area contributed by atoms with Gasteiger partial charge in [-0.15, -0.1) is 0 Å². The van der Waals surface area contributed by atoms with Crippen molar-refractivity contribution in [2.75, 3.05) is 26.4 Å². The highest BCUT2D eigenvalue weighted by atomic mass is 32.2. The molecule has 0 aliphatic carbocycles. The molecule has 0 radical (unpaired) electrons. The number of phenolic OH excluding ortho intramolecular Hbond substituents is 1. The number of hydrogen-bond acceptors (Lipinski definition) is 9. The Labute approximate surface area is 263 Å². The molecule has 4 rings (SSSR count). The van der Waals surface area contributed by atoms with Crippen molar-refractivity contribution < 1.29 is 40.9 Å². The molecule has 4 aromatic carbocycles. The highest BCUT2D eigenvalue weighted by Crippen LogP contribution is 2.26. The predicted octanol–water partition coefficient (Wildman–Crippen LogP) is 6.39. The summed E-state index contributed by atoms with van der Waals surface area (Å²) in [6, 6.07) is 23.8. The van der Waals surface area contributed by atoms with Crippen LogP contribution in [0.25, 0.3) is 0 Å². The summed E-state index contributed by atoms with van der Waals surface area (Å²) in [4.78, 5) is 0.506. The lowest BCUT2D eigenvalue weighted by Gasteiger charge is -2.10. The van der Waals surface area contributed by atoms with Crippen molar-refractivity contribution >= 4 is 19.7 Å². The van der Waals surface area contributed by atoms with Gasteiger partial charge >= 0.3 is 0 Å². The van der Waals surface area contributed by atoms with E-state index in [9.17, 15) is 21.9 Å². The van der Waals surface area contributed by atoms with Crippen LogP contribution < -0.4 is 14.2 Å². The second-order valence-corrected chi connectivity index (χ2v) is 13.4. The second kappa shape index (κ2) is 15.9. The van der Waals surface area contributed by atoms with Crippen molar-refractivity contribution in [2.45, 2.75) is 32.9 Å². The summed E-state index contributed by atoms with van der Waals surface area (Å²) >= 11 is 0. The summed E-state index contributed by atoms with van der Waals surface area (Å²) in [5.74, 6) is 1.52. The standard InChI is InChI=1S/C34H34O9S2/c1-2-3-4-5-22-41-28-8-16-33(17-9-28)45(38,39)34-20-12-30(13-21-34)43-26-24-40-23-25-42-29-10-18-32(19-11-29)44(36,37)31-14-6-27(35)7-15-31/h2-3,5-22,35H,4,23-26H2,1H3. The van der Waals surface area contributed by atoms with Gasteiger partial charge in [-0.05, 0) is 116 Å². The zero-order chi connectivity index (χ0) is 32.1. The number of aromatic hydroxyl groups is 1. The molecular formula is C34H34O9S2. The van der Waals surface area contributed by atoms with E-state index < -0.39 is 19.7 Å². The van der Waals surface area contributed by atoms with Crippen LogP contribution in [0, 0.1) is 0 Å². The number of benzene rings is 4. The van der Waals surface area contributed by atoms with Crippen LogP contribution in [0.1, 0.15) is 13.3 Å². The van der Waals surface area contributed by atoms with Crippen LogP contribution >= 0.6 is 0 Å².